The molecule has 0 heterocycles. The minimum atomic E-state index is -0.894. The lowest BCUT2D eigenvalue weighted by Crippen LogP contribution is -2.43. The molecule has 3 aromatic carbocycles. The fraction of sp³-hybridized carbons (Fsp3) is 0.396. The molecule has 1 unspecified atom stereocenters. The smallest absolute Gasteiger partial charge is 0.252 e. The van der Waals surface area contributed by atoms with Gasteiger partial charge in [-0.05, 0) is 117 Å². The number of carbonyl (C=O) groups excluding carboxylic acids is 7. The minimum absolute atomic E-state index is 0.00253. The fourth-order valence-corrected chi connectivity index (χ4v) is 9.83. The van der Waals surface area contributed by atoms with Gasteiger partial charge in [0.15, 0.2) is 17.3 Å². The fourth-order valence-electron chi connectivity index (χ4n) is 9.83. The maximum atomic E-state index is 14.9. The van der Waals surface area contributed by atoms with Gasteiger partial charge >= 0.3 is 0 Å². The van der Waals surface area contributed by atoms with Gasteiger partial charge in [-0.25, -0.2) is 0 Å². The van der Waals surface area contributed by atoms with E-state index in [2.05, 4.69) is 21.3 Å². The number of Topliss-reactive ketones (excluding diaryl/α,β-unsaturated/α-hetero) is 3. The van der Waals surface area contributed by atoms with Crippen molar-refractivity contribution in [3.05, 3.63) is 95.2 Å². The summed E-state index contributed by atoms with van der Waals surface area (Å²) in [7, 11) is 0. The molecule has 0 aromatic heterocycles. The molecule has 18 N–H and O–H groups in total. The van der Waals surface area contributed by atoms with Gasteiger partial charge in [-0.1, -0.05) is 0 Å². The topological polar surface area (TPSA) is 350 Å². The Morgan fingerprint density at radius 3 is 1.65 bits per heavy atom. The molecule has 18 nitrogen and oxygen atoms in total. The van der Waals surface area contributed by atoms with E-state index in [1.807, 2.05) is 0 Å². The molecule has 4 aliphatic rings. The molecule has 18 heteroatoms. The molecule has 1 atom stereocenters. The first-order valence-corrected chi connectivity index (χ1v) is 22.6. The highest BCUT2D eigenvalue weighted by Crippen LogP contribution is 2.53. The second-order valence-electron chi connectivity index (χ2n) is 16.7. The van der Waals surface area contributed by atoms with Crippen LogP contribution in [0.25, 0.3) is 27.5 Å². The molecule has 0 spiro atoms. The van der Waals surface area contributed by atoms with E-state index >= 15 is 0 Å². The van der Waals surface area contributed by atoms with Crippen molar-refractivity contribution in [1.29, 1.82) is 0 Å². The number of allylic oxidation sites excluding steroid dienone is 2. The van der Waals surface area contributed by atoms with Crippen molar-refractivity contribution < 1.29 is 33.6 Å². The second kappa shape index (κ2) is 20.5. The molecular formula is C48H59N11O7. The lowest BCUT2D eigenvalue weighted by Gasteiger charge is -2.39. The summed E-state index contributed by atoms with van der Waals surface area (Å²) in [5.74, 6) is -4.24. The maximum Gasteiger partial charge on any atom is 0.252 e. The first-order chi connectivity index (χ1) is 31.9. The van der Waals surface area contributed by atoms with Crippen molar-refractivity contribution in [1.82, 2.24) is 21.3 Å². The van der Waals surface area contributed by atoms with Crippen LogP contribution in [0.2, 0.25) is 0 Å². The van der Waals surface area contributed by atoms with Crippen LogP contribution >= 0.6 is 0 Å². The molecule has 4 aliphatic carbocycles. The van der Waals surface area contributed by atoms with Crippen LogP contribution in [-0.4, -0.2) is 113 Å². The average Bonchev–Trinajstić information content (AvgIpc) is 3.33. The van der Waals surface area contributed by atoms with Gasteiger partial charge in [0.1, 0.15) is 0 Å². The van der Waals surface area contributed by atoms with Crippen LogP contribution in [0.1, 0.15) is 97.8 Å². The highest BCUT2D eigenvalue weighted by Gasteiger charge is 2.45. The lowest BCUT2D eigenvalue weighted by molar-refractivity contribution is -0.118. The van der Waals surface area contributed by atoms with Crippen LogP contribution in [-0.2, 0) is 25.6 Å². The van der Waals surface area contributed by atoms with E-state index in [1.54, 1.807) is 24.3 Å². The van der Waals surface area contributed by atoms with Gasteiger partial charge in [0.2, 0.25) is 5.91 Å². The summed E-state index contributed by atoms with van der Waals surface area (Å²) in [5, 5.41) is 13.8. The van der Waals surface area contributed by atoms with E-state index in [0.29, 0.717) is 61.5 Å². The summed E-state index contributed by atoms with van der Waals surface area (Å²) in [6, 6.07) is 4.87. The van der Waals surface area contributed by atoms with Crippen molar-refractivity contribution in [2.75, 3.05) is 72.0 Å². The minimum Gasteiger partial charge on any atom is -0.351 e. The molecule has 3 aromatic rings. The van der Waals surface area contributed by atoms with Crippen LogP contribution in [0.5, 0.6) is 0 Å². The van der Waals surface area contributed by atoms with Crippen molar-refractivity contribution in [3.8, 4) is 0 Å². The summed E-state index contributed by atoms with van der Waals surface area (Å²) in [6.45, 7) is 1.32. The summed E-state index contributed by atoms with van der Waals surface area (Å²) in [4.78, 5) is 103. The second-order valence-corrected chi connectivity index (χ2v) is 16.7. The first-order valence-electron chi connectivity index (χ1n) is 22.6. The van der Waals surface area contributed by atoms with Crippen LogP contribution in [0, 0.1) is 10.4 Å². The number of nitrogens with one attached hydrogen (secondary N) is 4. The van der Waals surface area contributed by atoms with Crippen molar-refractivity contribution in [3.63, 3.8) is 0 Å². The largest absolute Gasteiger partial charge is 0.351 e. The monoisotopic (exact) mass is 901 g/mol. The number of hydrogen-bond acceptors (Lipinski definition) is 14. The Labute approximate surface area is 380 Å². The number of rotatable bonds is 24. The SMILES string of the molecule is NCCCC(=O)C1=C(C(=O)NCCN)C2=CC(C(=O)CCCN)=c3cc(C(=O)NCCN)c4cc(C(=O)CCCN)c5c6c4c3C2c2c1cc(C(=O)NCCN)c(c2=6)=C(C(=O)NCCN)C5. The Morgan fingerprint density at radius 2 is 1.06 bits per heavy atom. The number of carbonyl (C=O) groups is 7. The number of amides is 4. The highest BCUT2D eigenvalue weighted by molar-refractivity contribution is 6.31. The maximum absolute atomic E-state index is 14.9. The summed E-state index contributed by atoms with van der Waals surface area (Å²) in [6.07, 6.45) is 2.45. The van der Waals surface area contributed by atoms with Crippen molar-refractivity contribution in [2.45, 2.75) is 50.9 Å². The van der Waals surface area contributed by atoms with Gasteiger partial charge in [-0.2, -0.15) is 0 Å². The molecule has 348 valence electrons. The van der Waals surface area contributed by atoms with E-state index in [-0.39, 0.29) is 165 Å². The van der Waals surface area contributed by atoms with Gasteiger partial charge < -0.3 is 61.4 Å². The van der Waals surface area contributed by atoms with Crippen LogP contribution in [0.4, 0.5) is 0 Å². The van der Waals surface area contributed by atoms with E-state index < -0.39 is 35.3 Å². The predicted octanol–water partition coefficient (Wildman–Crippen LogP) is -2.80. The van der Waals surface area contributed by atoms with E-state index in [0.717, 1.165) is 0 Å². The Kier molecular flexibility index (Phi) is 14.8. The first kappa shape index (κ1) is 47.7. The summed E-state index contributed by atoms with van der Waals surface area (Å²) >= 11 is 0. The number of ketones is 3. The number of hydrogen-bond donors (Lipinski definition) is 11. The molecule has 0 bridgehead atoms. The van der Waals surface area contributed by atoms with Crippen molar-refractivity contribution in [2.24, 2.45) is 40.1 Å². The molecule has 0 saturated carbocycles. The molecule has 0 aliphatic heterocycles. The molecule has 0 fully saturated rings. The van der Waals surface area contributed by atoms with Crippen LogP contribution < -0.4 is 71.8 Å². The third-order valence-electron chi connectivity index (χ3n) is 12.5. The number of nitrogens with two attached hydrogens (primary N) is 7. The average molecular weight is 902 g/mol. The van der Waals surface area contributed by atoms with Gasteiger partial charge in [0.25, 0.3) is 17.7 Å². The quantitative estimate of drug-likeness (QED) is 0.0405. The Hall–Kier alpha value is -6.25. The lowest BCUT2D eigenvalue weighted by atomic mass is 9.62. The van der Waals surface area contributed by atoms with Gasteiger partial charge in [0.05, 0.1) is 5.57 Å². The summed E-state index contributed by atoms with van der Waals surface area (Å²) in [5.41, 5.74) is 44.1. The standard InChI is InChI=1S/C48H59N11O7/c49-7-1-4-33(60)23-18-27-28(45(63)56-14-10-52)20-25-24(34(61)5-2-8-50)19-30-41-38(25)39(27)40-26(23)21-31(46(64)57-15-11-53)36-32(47(65)58-16-12-54)22-29(42(41)44(36)40)37(35(62)6-3-9-51)43(30)48(66)59-17-13-55/h18-20,22,41H,1-17,21,49-55H2,(H,56,63)(H,57,64)(H,58,65)(H,59,66). The molecule has 0 radical (unpaired) electrons. The van der Waals surface area contributed by atoms with E-state index in [9.17, 15) is 33.6 Å². The zero-order chi connectivity index (χ0) is 47.4. The van der Waals surface area contributed by atoms with Gasteiger partial charge in [-0.3, -0.25) is 33.6 Å². The highest BCUT2D eigenvalue weighted by atomic mass is 16.2. The van der Waals surface area contributed by atoms with E-state index in [4.69, 9.17) is 40.1 Å². The number of benzene rings is 3. The predicted molar refractivity (Wildman–Crippen MR) is 251 cm³/mol. The normalized spacial score (nSPS) is 14.9. The molecular weight excluding hydrogens is 843 g/mol. The Morgan fingerprint density at radius 1 is 0.515 bits per heavy atom. The van der Waals surface area contributed by atoms with Gasteiger partial charge in [-0.15, -0.1) is 0 Å². The molecule has 66 heavy (non-hydrogen) atoms. The Balaban J connectivity index is 1.87. The van der Waals surface area contributed by atoms with Crippen LogP contribution in [0.3, 0.4) is 0 Å². The zero-order valence-corrected chi connectivity index (χ0v) is 37.0. The Bertz CT molecular complexity index is 2900. The summed E-state index contributed by atoms with van der Waals surface area (Å²) < 4.78 is 0. The van der Waals surface area contributed by atoms with E-state index in [1.165, 1.54) is 0 Å². The molecule has 7 rings (SSSR count). The molecule has 4 amide bonds. The molecule has 0 saturated heterocycles. The van der Waals surface area contributed by atoms with Gasteiger partial charge in [0, 0.05) is 123 Å². The third kappa shape index (κ3) is 8.29. The van der Waals surface area contributed by atoms with Crippen LogP contribution in [0.15, 0.2) is 35.4 Å². The zero-order valence-electron chi connectivity index (χ0n) is 37.0. The third-order valence-corrected chi connectivity index (χ3v) is 12.5. The van der Waals surface area contributed by atoms with Crippen molar-refractivity contribution >= 4 is 68.5 Å².